The van der Waals surface area contributed by atoms with Crippen LogP contribution in [0.3, 0.4) is 0 Å². The summed E-state index contributed by atoms with van der Waals surface area (Å²) in [5, 5.41) is 3.11. The molecule has 0 heterocycles. The van der Waals surface area contributed by atoms with Crippen LogP contribution in [0, 0.1) is 19.7 Å². The van der Waals surface area contributed by atoms with Gasteiger partial charge in [0.05, 0.1) is 11.9 Å². The third-order valence-electron chi connectivity index (χ3n) is 7.35. The monoisotopic (exact) mass is 545 g/mol. The average molecular weight is 546 g/mol. The Morgan fingerprint density at radius 2 is 1.74 bits per heavy atom. The summed E-state index contributed by atoms with van der Waals surface area (Å²) in [7, 11) is -3.57. The van der Waals surface area contributed by atoms with E-state index in [0.717, 1.165) is 48.6 Å². The Morgan fingerprint density at radius 1 is 1.08 bits per heavy atom. The molecular formula is C29H40FN3O4S. The van der Waals surface area contributed by atoms with Crippen molar-refractivity contribution in [2.24, 2.45) is 0 Å². The van der Waals surface area contributed by atoms with Gasteiger partial charge < -0.3 is 10.2 Å². The standard InChI is InChI=1S/C29H40FN3O4S/c1-5-26(29(35)31-25-11-6-7-12-25)32(20-23-15-17-24(30)18-16-23)28(34)14-9-19-33(38(4,36)37)27-13-8-10-21(2)22(27)3/h8,10,13,15-18,25-26H,5-7,9,11-12,14,19-20H2,1-4H3,(H,31,35)/t26-/m1/s1. The number of halogens is 1. The summed E-state index contributed by atoms with van der Waals surface area (Å²) in [6, 6.07) is 10.9. The molecule has 0 aromatic heterocycles. The molecule has 1 atom stereocenters. The highest BCUT2D eigenvalue weighted by molar-refractivity contribution is 7.92. The molecule has 0 aliphatic heterocycles. The molecule has 208 valence electrons. The van der Waals surface area contributed by atoms with E-state index in [2.05, 4.69) is 5.32 Å². The number of benzene rings is 2. The number of nitrogens with zero attached hydrogens (tertiary/aromatic N) is 2. The first-order chi connectivity index (χ1) is 18.0. The minimum Gasteiger partial charge on any atom is -0.352 e. The third-order valence-corrected chi connectivity index (χ3v) is 8.53. The third kappa shape index (κ3) is 7.79. The number of hydrogen-bond acceptors (Lipinski definition) is 4. The Kier molecular flexibility index (Phi) is 10.3. The van der Waals surface area contributed by atoms with E-state index in [1.807, 2.05) is 32.9 Å². The summed E-state index contributed by atoms with van der Waals surface area (Å²) in [5.41, 5.74) is 3.18. The van der Waals surface area contributed by atoms with E-state index < -0.39 is 16.1 Å². The van der Waals surface area contributed by atoms with E-state index in [0.29, 0.717) is 18.5 Å². The van der Waals surface area contributed by atoms with Crippen molar-refractivity contribution in [2.45, 2.75) is 84.3 Å². The lowest BCUT2D eigenvalue weighted by atomic mass is 10.1. The highest BCUT2D eigenvalue weighted by Crippen LogP contribution is 2.26. The second-order valence-electron chi connectivity index (χ2n) is 10.2. The van der Waals surface area contributed by atoms with E-state index >= 15 is 0 Å². The van der Waals surface area contributed by atoms with Crippen molar-refractivity contribution in [3.8, 4) is 0 Å². The molecular weight excluding hydrogens is 505 g/mol. The Labute approximate surface area is 226 Å². The van der Waals surface area contributed by atoms with Gasteiger partial charge in [-0.25, -0.2) is 12.8 Å². The predicted octanol–water partition coefficient (Wildman–Crippen LogP) is 4.85. The first-order valence-corrected chi connectivity index (χ1v) is 15.2. The minimum atomic E-state index is -3.57. The maximum atomic E-state index is 13.5. The van der Waals surface area contributed by atoms with Crippen molar-refractivity contribution >= 4 is 27.5 Å². The second-order valence-corrected chi connectivity index (χ2v) is 12.1. The van der Waals surface area contributed by atoms with Crippen LogP contribution in [0.25, 0.3) is 0 Å². The molecule has 1 aliphatic rings. The van der Waals surface area contributed by atoms with Crippen molar-refractivity contribution in [3.05, 3.63) is 65.0 Å². The quantitative estimate of drug-likeness (QED) is 0.413. The summed E-state index contributed by atoms with van der Waals surface area (Å²) >= 11 is 0. The lowest BCUT2D eigenvalue weighted by molar-refractivity contribution is -0.141. The lowest BCUT2D eigenvalue weighted by Gasteiger charge is -2.32. The molecule has 1 saturated carbocycles. The zero-order chi connectivity index (χ0) is 27.9. The lowest BCUT2D eigenvalue weighted by Crippen LogP contribution is -2.51. The summed E-state index contributed by atoms with van der Waals surface area (Å²) < 4.78 is 40.1. The van der Waals surface area contributed by atoms with Crippen molar-refractivity contribution in [1.29, 1.82) is 0 Å². The smallest absolute Gasteiger partial charge is 0.243 e. The van der Waals surface area contributed by atoms with Gasteiger partial charge in [0.25, 0.3) is 0 Å². The zero-order valence-corrected chi connectivity index (χ0v) is 23.7. The molecule has 0 radical (unpaired) electrons. The SMILES string of the molecule is CC[C@H](C(=O)NC1CCCC1)N(Cc1ccc(F)cc1)C(=O)CCCN(c1cccc(C)c1C)S(C)(=O)=O. The molecule has 0 bridgehead atoms. The van der Waals surface area contributed by atoms with Crippen molar-refractivity contribution < 1.29 is 22.4 Å². The van der Waals surface area contributed by atoms with Crippen LogP contribution in [0.5, 0.6) is 0 Å². The Bertz CT molecular complexity index is 1210. The van der Waals surface area contributed by atoms with Gasteiger partial charge in [-0.2, -0.15) is 0 Å². The minimum absolute atomic E-state index is 0.0747. The number of hydrogen-bond donors (Lipinski definition) is 1. The van der Waals surface area contributed by atoms with Crippen LogP contribution in [-0.4, -0.2) is 50.0 Å². The largest absolute Gasteiger partial charge is 0.352 e. The maximum absolute atomic E-state index is 13.5. The predicted molar refractivity (Wildman–Crippen MR) is 149 cm³/mol. The molecule has 0 saturated heterocycles. The highest BCUT2D eigenvalue weighted by atomic mass is 32.2. The molecule has 7 nitrogen and oxygen atoms in total. The Balaban J connectivity index is 1.77. The van der Waals surface area contributed by atoms with Crippen LogP contribution in [0.1, 0.15) is 68.6 Å². The fourth-order valence-corrected chi connectivity index (χ4v) is 6.08. The number of rotatable bonds is 12. The molecule has 0 spiro atoms. The Morgan fingerprint density at radius 3 is 2.34 bits per heavy atom. The summed E-state index contributed by atoms with van der Waals surface area (Å²) in [6.45, 7) is 5.99. The molecule has 1 aliphatic carbocycles. The zero-order valence-electron chi connectivity index (χ0n) is 22.9. The number of amides is 2. The second kappa shape index (κ2) is 13.2. The van der Waals surface area contributed by atoms with Crippen LogP contribution in [-0.2, 0) is 26.2 Å². The first-order valence-electron chi connectivity index (χ1n) is 13.4. The van der Waals surface area contributed by atoms with Gasteiger partial charge in [0.2, 0.25) is 21.8 Å². The molecule has 3 rings (SSSR count). The van der Waals surface area contributed by atoms with E-state index in [-0.39, 0.29) is 43.2 Å². The number of carbonyl (C=O) groups is 2. The fourth-order valence-electron chi connectivity index (χ4n) is 5.06. The van der Waals surface area contributed by atoms with Gasteiger partial charge in [-0.05, 0) is 74.4 Å². The van der Waals surface area contributed by atoms with E-state index in [9.17, 15) is 22.4 Å². The van der Waals surface area contributed by atoms with Crippen LogP contribution in [0.4, 0.5) is 10.1 Å². The van der Waals surface area contributed by atoms with E-state index in [1.54, 1.807) is 23.1 Å². The number of sulfonamides is 1. The molecule has 0 unspecified atom stereocenters. The summed E-state index contributed by atoms with van der Waals surface area (Å²) in [5.74, 6) is -0.787. The molecule has 2 aromatic rings. The number of nitrogens with one attached hydrogen (secondary N) is 1. The number of carbonyl (C=O) groups excluding carboxylic acids is 2. The van der Waals surface area contributed by atoms with Gasteiger partial charge in [-0.1, -0.05) is 44.0 Å². The number of anilines is 1. The Hall–Kier alpha value is -2.94. The van der Waals surface area contributed by atoms with Gasteiger partial charge in [-0.15, -0.1) is 0 Å². The van der Waals surface area contributed by atoms with Crippen LogP contribution in [0.15, 0.2) is 42.5 Å². The van der Waals surface area contributed by atoms with Gasteiger partial charge >= 0.3 is 0 Å². The normalized spacial score (nSPS) is 14.8. The van der Waals surface area contributed by atoms with Crippen molar-refractivity contribution in [3.63, 3.8) is 0 Å². The first kappa shape index (κ1) is 29.6. The van der Waals surface area contributed by atoms with Crippen molar-refractivity contribution in [2.75, 3.05) is 17.1 Å². The van der Waals surface area contributed by atoms with Gasteiger partial charge in [0, 0.05) is 25.6 Å². The summed E-state index contributed by atoms with van der Waals surface area (Å²) in [6.07, 6.45) is 6.00. The molecule has 9 heteroatoms. The average Bonchev–Trinajstić information content (AvgIpc) is 3.37. The fraction of sp³-hybridized carbons (Fsp3) is 0.517. The molecule has 38 heavy (non-hydrogen) atoms. The van der Waals surface area contributed by atoms with Crippen LogP contribution < -0.4 is 9.62 Å². The topological polar surface area (TPSA) is 86.8 Å². The van der Waals surface area contributed by atoms with Crippen LogP contribution >= 0.6 is 0 Å². The van der Waals surface area contributed by atoms with Crippen LogP contribution in [0.2, 0.25) is 0 Å². The maximum Gasteiger partial charge on any atom is 0.243 e. The van der Waals surface area contributed by atoms with Gasteiger partial charge in [-0.3, -0.25) is 13.9 Å². The molecule has 1 fully saturated rings. The van der Waals surface area contributed by atoms with Gasteiger partial charge in [0.15, 0.2) is 0 Å². The van der Waals surface area contributed by atoms with E-state index in [4.69, 9.17) is 0 Å². The highest BCUT2D eigenvalue weighted by Gasteiger charge is 2.31. The van der Waals surface area contributed by atoms with Gasteiger partial charge in [0.1, 0.15) is 11.9 Å². The van der Waals surface area contributed by atoms with E-state index in [1.165, 1.54) is 16.4 Å². The number of aryl methyl sites for hydroxylation is 1. The summed E-state index contributed by atoms with van der Waals surface area (Å²) in [4.78, 5) is 28.3. The molecule has 2 aromatic carbocycles. The molecule has 1 N–H and O–H groups in total. The van der Waals surface area contributed by atoms with Crippen molar-refractivity contribution in [1.82, 2.24) is 10.2 Å². The molecule has 2 amide bonds.